The molecule has 2 aromatic rings. The van der Waals surface area contributed by atoms with E-state index in [1.165, 1.54) is 35.6 Å². The van der Waals surface area contributed by atoms with Gasteiger partial charge >= 0.3 is 0 Å². The Labute approximate surface area is 141 Å². The average Bonchev–Trinajstić information content (AvgIpc) is 2.57. The molecule has 0 aliphatic carbocycles. The Morgan fingerprint density at radius 1 is 1.04 bits per heavy atom. The lowest BCUT2D eigenvalue weighted by atomic mass is 10.3. The topological polar surface area (TPSA) is 55.8 Å². The van der Waals surface area contributed by atoms with Crippen molar-refractivity contribution in [2.24, 2.45) is 0 Å². The molecule has 0 spiro atoms. The molecule has 0 fully saturated rings. The fraction of sp³-hybridized carbons (Fsp3) is 0.294. The summed E-state index contributed by atoms with van der Waals surface area (Å²) in [5.41, 5.74) is 0. The molecule has 0 amide bonds. The third kappa shape index (κ3) is 4.46. The zero-order valence-electron chi connectivity index (χ0n) is 13.6. The minimum absolute atomic E-state index is 0.0493. The first-order valence-electron chi connectivity index (χ1n) is 7.51. The van der Waals surface area contributed by atoms with Crippen LogP contribution in [0.4, 0.5) is 4.39 Å². The van der Waals surface area contributed by atoms with Crippen LogP contribution in [0.3, 0.4) is 0 Å². The van der Waals surface area contributed by atoms with Crippen LogP contribution in [0.1, 0.15) is 6.92 Å². The SMILES string of the molecule is CCOc1ccc(S(=O)(=O)N(C)CCOc2ccccc2F)cc1. The molecule has 5 nitrogen and oxygen atoms in total. The van der Waals surface area contributed by atoms with Crippen molar-refractivity contribution in [3.05, 3.63) is 54.3 Å². The van der Waals surface area contributed by atoms with Gasteiger partial charge in [0.2, 0.25) is 10.0 Å². The van der Waals surface area contributed by atoms with Gasteiger partial charge in [-0.05, 0) is 43.3 Å². The maximum atomic E-state index is 13.4. The van der Waals surface area contributed by atoms with E-state index in [-0.39, 0.29) is 23.8 Å². The Kier molecular flexibility index (Phi) is 6.16. The molecule has 2 rings (SSSR count). The van der Waals surface area contributed by atoms with E-state index in [4.69, 9.17) is 9.47 Å². The van der Waals surface area contributed by atoms with Gasteiger partial charge in [-0.25, -0.2) is 12.8 Å². The lowest BCUT2D eigenvalue weighted by Gasteiger charge is -2.18. The Balaban J connectivity index is 1.97. The van der Waals surface area contributed by atoms with Gasteiger partial charge in [0.1, 0.15) is 12.4 Å². The summed E-state index contributed by atoms with van der Waals surface area (Å²) in [4.78, 5) is 0.166. The van der Waals surface area contributed by atoms with E-state index in [0.29, 0.717) is 12.4 Å². The number of hydrogen-bond acceptors (Lipinski definition) is 4. The molecule has 0 N–H and O–H groups in total. The summed E-state index contributed by atoms with van der Waals surface area (Å²) in [5.74, 6) is 0.237. The molecular weight excluding hydrogens is 333 g/mol. The maximum Gasteiger partial charge on any atom is 0.242 e. The van der Waals surface area contributed by atoms with Crippen LogP contribution in [0, 0.1) is 5.82 Å². The number of sulfonamides is 1. The highest BCUT2D eigenvalue weighted by Crippen LogP contribution is 2.19. The molecule has 0 radical (unpaired) electrons. The first kappa shape index (κ1) is 18.2. The van der Waals surface area contributed by atoms with Crippen molar-refractivity contribution in [2.45, 2.75) is 11.8 Å². The van der Waals surface area contributed by atoms with E-state index in [0.717, 1.165) is 0 Å². The average molecular weight is 353 g/mol. The molecule has 7 heteroatoms. The number of nitrogens with zero attached hydrogens (tertiary/aromatic N) is 1. The Hall–Kier alpha value is -2.12. The second-order valence-electron chi connectivity index (χ2n) is 5.01. The van der Waals surface area contributed by atoms with E-state index in [1.807, 2.05) is 6.92 Å². The molecule has 0 heterocycles. The third-order valence-corrected chi connectivity index (χ3v) is 5.21. The minimum Gasteiger partial charge on any atom is -0.494 e. The van der Waals surface area contributed by atoms with Gasteiger partial charge in [-0.1, -0.05) is 12.1 Å². The molecule has 0 bridgehead atoms. The van der Waals surface area contributed by atoms with Gasteiger partial charge < -0.3 is 9.47 Å². The third-order valence-electron chi connectivity index (χ3n) is 3.34. The molecule has 24 heavy (non-hydrogen) atoms. The van der Waals surface area contributed by atoms with Crippen molar-refractivity contribution in [3.63, 3.8) is 0 Å². The van der Waals surface area contributed by atoms with Crippen molar-refractivity contribution in [1.29, 1.82) is 0 Å². The van der Waals surface area contributed by atoms with Crippen molar-refractivity contribution in [2.75, 3.05) is 26.8 Å². The summed E-state index contributed by atoms with van der Waals surface area (Å²) in [6, 6.07) is 12.2. The lowest BCUT2D eigenvalue weighted by Crippen LogP contribution is -2.31. The van der Waals surface area contributed by atoms with Crippen molar-refractivity contribution >= 4 is 10.0 Å². The first-order valence-corrected chi connectivity index (χ1v) is 8.95. The predicted molar refractivity (Wildman–Crippen MR) is 89.3 cm³/mol. The van der Waals surface area contributed by atoms with Gasteiger partial charge in [-0.2, -0.15) is 4.31 Å². The number of halogens is 1. The smallest absolute Gasteiger partial charge is 0.242 e. The van der Waals surface area contributed by atoms with Crippen LogP contribution in [0.25, 0.3) is 0 Å². The Morgan fingerprint density at radius 2 is 1.71 bits per heavy atom. The second kappa shape index (κ2) is 8.12. The molecule has 0 aliphatic heterocycles. The molecule has 2 aromatic carbocycles. The largest absolute Gasteiger partial charge is 0.494 e. The zero-order chi connectivity index (χ0) is 17.6. The number of para-hydroxylation sites is 1. The first-order chi connectivity index (χ1) is 11.4. The van der Waals surface area contributed by atoms with Gasteiger partial charge in [-0.15, -0.1) is 0 Å². The van der Waals surface area contributed by atoms with Crippen LogP contribution in [0.5, 0.6) is 11.5 Å². The van der Waals surface area contributed by atoms with Crippen molar-refractivity contribution in [3.8, 4) is 11.5 Å². The molecule has 0 saturated carbocycles. The molecular formula is C17H20FNO4S. The molecule has 0 atom stereocenters. The van der Waals surface area contributed by atoms with Crippen LogP contribution in [-0.2, 0) is 10.0 Å². The quantitative estimate of drug-likeness (QED) is 0.732. The summed E-state index contributed by atoms with van der Waals surface area (Å²) in [5, 5.41) is 0. The lowest BCUT2D eigenvalue weighted by molar-refractivity contribution is 0.275. The van der Waals surface area contributed by atoms with Gasteiger partial charge in [0, 0.05) is 13.6 Å². The Bertz CT molecular complexity index is 762. The van der Waals surface area contributed by atoms with Crippen molar-refractivity contribution < 1.29 is 22.3 Å². The van der Waals surface area contributed by atoms with E-state index in [9.17, 15) is 12.8 Å². The van der Waals surface area contributed by atoms with Gasteiger partial charge in [0.05, 0.1) is 11.5 Å². The summed E-state index contributed by atoms with van der Waals surface area (Å²) in [6.45, 7) is 2.52. The number of rotatable bonds is 8. The van der Waals surface area contributed by atoms with Gasteiger partial charge in [0.25, 0.3) is 0 Å². The Morgan fingerprint density at radius 3 is 2.33 bits per heavy atom. The molecule has 0 saturated heterocycles. The molecule has 0 aliphatic rings. The van der Waals surface area contributed by atoms with E-state index < -0.39 is 15.8 Å². The standard InChI is InChI=1S/C17H20FNO4S/c1-3-22-14-8-10-15(11-9-14)24(20,21)19(2)12-13-23-17-7-5-4-6-16(17)18/h4-11H,3,12-13H2,1-2H3. The van der Waals surface area contributed by atoms with Gasteiger partial charge in [0.15, 0.2) is 11.6 Å². The molecule has 0 aromatic heterocycles. The highest BCUT2D eigenvalue weighted by Gasteiger charge is 2.20. The second-order valence-corrected chi connectivity index (χ2v) is 7.05. The maximum absolute atomic E-state index is 13.4. The summed E-state index contributed by atoms with van der Waals surface area (Å²) in [6.07, 6.45) is 0. The summed E-state index contributed by atoms with van der Waals surface area (Å²) < 4.78 is 50.1. The molecule has 130 valence electrons. The fourth-order valence-corrected chi connectivity index (χ4v) is 3.18. The zero-order valence-corrected chi connectivity index (χ0v) is 14.4. The fourth-order valence-electron chi connectivity index (χ4n) is 2.02. The van der Waals surface area contributed by atoms with E-state index >= 15 is 0 Å². The normalized spacial score (nSPS) is 11.5. The van der Waals surface area contributed by atoms with Crippen LogP contribution in [-0.4, -0.2) is 39.5 Å². The highest BCUT2D eigenvalue weighted by atomic mass is 32.2. The van der Waals surface area contributed by atoms with E-state index in [2.05, 4.69) is 0 Å². The van der Waals surface area contributed by atoms with Crippen LogP contribution in [0.15, 0.2) is 53.4 Å². The summed E-state index contributed by atoms with van der Waals surface area (Å²) in [7, 11) is -2.18. The number of ether oxygens (including phenoxy) is 2. The van der Waals surface area contributed by atoms with Crippen LogP contribution >= 0.6 is 0 Å². The molecule has 0 unspecified atom stereocenters. The minimum atomic E-state index is -3.63. The van der Waals surface area contributed by atoms with Crippen LogP contribution in [0.2, 0.25) is 0 Å². The summed E-state index contributed by atoms with van der Waals surface area (Å²) >= 11 is 0. The number of hydrogen-bond donors (Lipinski definition) is 0. The number of benzene rings is 2. The highest BCUT2D eigenvalue weighted by molar-refractivity contribution is 7.89. The monoisotopic (exact) mass is 353 g/mol. The van der Waals surface area contributed by atoms with Crippen molar-refractivity contribution in [1.82, 2.24) is 4.31 Å². The van der Waals surface area contributed by atoms with Gasteiger partial charge in [-0.3, -0.25) is 0 Å². The van der Waals surface area contributed by atoms with E-state index in [1.54, 1.807) is 24.3 Å². The number of likely N-dealkylation sites (N-methyl/N-ethyl adjacent to an activating group) is 1. The van der Waals surface area contributed by atoms with Crippen LogP contribution < -0.4 is 9.47 Å². The predicted octanol–water partition coefficient (Wildman–Crippen LogP) is 2.92.